The van der Waals surface area contributed by atoms with E-state index in [4.69, 9.17) is 4.74 Å². The minimum Gasteiger partial charge on any atom is -0.379 e. The zero-order valence-corrected chi connectivity index (χ0v) is 16.2. The van der Waals surface area contributed by atoms with Crippen molar-refractivity contribution in [1.82, 2.24) is 10.2 Å². The van der Waals surface area contributed by atoms with Crippen molar-refractivity contribution in [1.29, 1.82) is 0 Å². The van der Waals surface area contributed by atoms with Crippen LogP contribution in [0.3, 0.4) is 0 Å². The molecule has 138 valence electrons. The summed E-state index contributed by atoms with van der Waals surface area (Å²) < 4.78 is 5.51. The Morgan fingerprint density at radius 3 is 2.68 bits per heavy atom. The molecule has 1 N–H and O–H groups in total. The van der Waals surface area contributed by atoms with Crippen LogP contribution in [0.15, 0.2) is 29.2 Å². The van der Waals surface area contributed by atoms with E-state index in [1.807, 2.05) is 6.07 Å². The lowest BCUT2D eigenvalue weighted by Gasteiger charge is -2.39. The predicted octanol–water partition coefficient (Wildman–Crippen LogP) is 2.96. The first-order valence-electron chi connectivity index (χ1n) is 9.57. The molecule has 1 fully saturated rings. The Kier molecular flexibility index (Phi) is 6.79. The highest BCUT2D eigenvalue weighted by molar-refractivity contribution is 8.01. The molecule has 5 heteroatoms. The Labute approximate surface area is 155 Å². The van der Waals surface area contributed by atoms with Gasteiger partial charge in [0.05, 0.1) is 18.5 Å². The van der Waals surface area contributed by atoms with Gasteiger partial charge in [0.15, 0.2) is 0 Å². The first kappa shape index (κ1) is 18.7. The molecule has 2 atom stereocenters. The van der Waals surface area contributed by atoms with Crippen LogP contribution >= 0.6 is 11.8 Å². The Hall–Kier alpha value is -1.04. The molecule has 2 aliphatic heterocycles. The average molecular weight is 363 g/mol. The SMILES string of the molecule is CCC(CC)[C@H](CNC(=O)[C@@H]1Cc2ccccc2S1)N1CCOCC1. The highest BCUT2D eigenvalue weighted by Crippen LogP contribution is 2.36. The van der Waals surface area contributed by atoms with E-state index in [2.05, 4.69) is 42.3 Å². The highest BCUT2D eigenvalue weighted by atomic mass is 32.2. The van der Waals surface area contributed by atoms with Crippen LogP contribution in [0.25, 0.3) is 0 Å². The molecule has 0 bridgehead atoms. The molecule has 0 aromatic heterocycles. The molecule has 1 aromatic rings. The fraction of sp³-hybridized carbons (Fsp3) is 0.650. The summed E-state index contributed by atoms with van der Waals surface area (Å²) in [5, 5.41) is 3.28. The van der Waals surface area contributed by atoms with Gasteiger partial charge in [-0.25, -0.2) is 0 Å². The van der Waals surface area contributed by atoms with Crippen LogP contribution in [0.1, 0.15) is 32.3 Å². The molecule has 4 nitrogen and oxygen atoms in total. The van der Waals surface area contributed by atoms with E-state index in [1.54, 1.807) is 11.8 Å². The quantitative estimate of drug-likeness (QED) is 0.810. The second kappa shape index (κ2) is 9.06. The summed E-state index contributed by atoms with van der Waals surface area (Å²) in [5.74, 6) is 0.803. The number of amides is 1. The van der Waals surface area contributed by atoms with Gasteiger partial charge < -0.3 is 10.1 Å². The van der Waals surface area contributed by atoms with Gasteiger partial charge in [-0.15, -0.1) is 11.8 Å². The van der Waals surface area contributed by atoms with Crippen molar-refractivity contribution >= 4 is 17.7 Å². The van der Waals surface area contributed by atoms with E-state index in [0.29, 0.717) is 12.0 Å². The zero-order chi connectivity index (χ0) is 17.6. The Morgan fingerprint density at radius 1 is 1.28 bits per heavy atom. The molecule has 3 rings (SSSR count). The van der Waals surface area contributed by atoms with Crippen LogP contribution in [-0.4, -0.2) is 54.9 Å². The lowest BCUT2D eigenvalue weighted by Crippen LogP contribution is -2.52. The predicted molar refractivity (Wildman–Crippen MR) is 103 cm³/mol. The van der Waals surface area contributed by atoms with Crippen LogP contribution in [0.2, 0.25) is 0 Å². The number of thioether (sulfide) groups is 1. The smallest absolute Gasteiger partial charge is 0.233 e. The van der Waals surface area contributed by atoms with E-state index in [9.17, 15) is 4.79 Å². The largest absolute Gasteiger partial charge is 0.379 e. The summed E-state index contributed by atoms with van der Waals surface area (Å²) in [6.07, 6.45) is 3.15. The third kappa shape index (κ3) is 4.57. The number of fused-ring (bicyclic) bond motifs is 1. The van der Waals surface area contributed by atoms with Crippen molar-refractivity contribution in [2.45, 2.75) is 49.3 Å². The number of carbonyl (C=O) groups excluding carboxylic acids is 1. The lowest BCUT2D eigenvalue weighted by atomic mass is 9.92. The van der Waals surface area contributed by atoms with Crippen molar-refractivity contribution < 1.29 is 9.53 Å². The van der Waals surface area contributed by atoms with Crippen LogP contribution in [0.5, 0.6) is 0 Å². The maximum atomic E-state index is 12.7. The van der Waals surface area contributed by atoms with Crippen LogP contribution in [0, 0.1) is 5.92 Å². The number of carbonyl (C=O) groups is 1. The Morgan fingerprint density at radius 2 is 2.00 bits per heavy atom. The summed E-state index contributed by atoms with van der Waals surface area (Å²) in [5.41, 5.74) is 1.30. The monoisotopic (exact) mass is 362 g/mol. The first-order chi connectivity index (χ1) is 12.2. The maximum absolute atomic E-state index is 12.7. The molecule has 25 heavy (non-hydrogen) atoms. The second-order valence-electron chi connectivity index (χ2n) is 6.96. The van der Waals surface area contributed by atoms with Crippen molar-refractivity contribution in [3.8, 4) is 0 Å². The van der Waals surface area contributed by atoms with Gasteiger partial charge in [0.1, 0.15) is 0 Å². The topological polar surface area (TPSA) is 41.6 Å². The summed E-state index contributed by atoms with van der Waals surface area (Å²) in [4.78, 5) is 16.5. The van der Waals surface area contributed by atoms with Crippen LogP contribution in [-0.2, 0) is 16.0 Å². The van der Waals surface area contributed by atoms with Crippen LogP contribution < -0.4 is 5.32 Å². The van der Waals surface area contributed by atoms with Gasteiger partial charge >= 0.3 is 0 Å². The molecule has 0 spiro atoms. The maximum Gasteiger partial charge on any atom is 0.233 e. The van der Waals surface area contributed by atoms with Gasteiger partial charge in [-0.05, 0) is 24.0 Å². The number of rotatable bonds is 7. The molecule has 0 unspecified atom stereocenters. The molecule has 2 aliphatic rings. The molecule has 0 radical (unpaired) electrons. The zero-order valence-electron chi connectivity index (χ0n) is 15.4. The number of nitrogens with one attached hydrogen (secondary N) is 1. The van der Waals surface area contributed by atoms with E-state index in [1.165, 1.54) is 10.5 Å². The molecular formula is C20H30N2O2S. The van der Waals surface area contributed by atoms with Crippen molar-refractivity contribution in [2.75, 3.05) is 32.8 Å². The van der Waals surface area contributed by atoms with Gasteiger partial charge in [-0.1, -0.05) is 44.9 Å². The van der Waals surface area contributed by atoms with Crippen molar-refractivity contribution in [3.63, 3.8) is 0 Å². The molecule has 0 aliphatic carbocycles. The van der Waals surface area contributed by atoms with E-state index in [-0.39, 0.29) is 11.2 Å². The average Bonchev–Trinajstić information content (AvgIpc) is 3.10. The summed E-state index contributed by atoms with van der Waals surface area (Å²) in [6, 6.07) is 8.77. The fourth-order valence-electron chi connectivity index (χ4n) is 3.98. The molecule has 0 saturated carbocycles. The minimum atomic E-state index is 0.0180. The van der Waals surface area contributed by atoms with Crippen molar-refractivity contribution in [3.05, 3.63) is 29.8 Å². The van der Waals surface area contributed by atoms with Gasteiger partial charge in [-0.3, -0.25) is 9.69 Å². The number of morpholine rings is 1. The van der Waals surface area contributed by atoms with Gasteiger partial charge in [0.25, 0.3) is 0 Å². The molecule has 1 amide bonds. The molecular weight excluding hydrogens is 332 g/mol. The second-order valence-corrected chi connectivity index (χ2v) is 8.20. The molecule has 1 aromatic carbocycles. The standard InChI is InChI=1S/C20H30N2O2S/c1-3-15(4-2)17(22-9-11-24-12-10-22)14-21-20(23)19-13-16-7-5-6-8-18(16)25-19/h5-8,15,17,19H,3-4,9-14H2,1-2H3,(H,21,23)/t17-,19-/m0/s1. The third-order valence-corrected chi connectivity index (χ3v) is 6.85. The normalized spacial score (nSPS) is 22.0. The first-order valence-corrected chi connectivity index (χ1v) is 10.4. The van der Waals surface area contributed by atoms with Gasteiger partial charge in [0.2, 0.25) is 5.91 Å². The third-order valence-electron chi connectivity index (χ3n) is 5.53. The summed E-state index contributed by atoms with van der Waals surface area (Å²) in [7, 11) is 0. The highest BCUT2D eigenvalue weighted by Gasteiger charge is 2.31. The summed E-state index contributed by atoms with van der Waals surface area (Å²) in [6.45, 7) is 8.82. The number of ether oxygens (including phenoxy) is 1. The van der Waals surface area contributed by atoms with Crippen LogP contribution in [0.4, 0.5) is 0 Å². The van der Waals surface area contributed by atoms with E-state index < -0.39 is 0 Å². The van der Waals surface area contributed by atoms with Crippen molar-refractivity contribution in [2.24, 2.45) is 5.92 Å². The lowest BCUT2D eigenvalue weighted by molar-refractivity contribution is -0.121. The van der Waals surface area contributed by atoms with Gasteiger partial charge in [0, 0.05) is 30.6 Å². The van der Waals surface area contributed by atoms with E-state index in [0.717, 1.165) is 52.1 Å². The number of hydrogen-bond acceptors (Lipinski definition) is 4. The molecule has 2 heterocycles. The Bertz CT molecular complexity index is 546. The number of hydrogen-bond donors (Lipinski definition) is 1. The fourth-order valence-corrected chi connectivity index (χ4v) is 5.20. The minimum absolute atomic E-state index is 0.0180. The summed E-state index contributed by atoms with van der Waals surface area (Å²) >= 11 is 1.71. The molecule has 1 saturated heterocycles. The van der Waals surface area contributed by atoms with E-state index >= 15 is 0 Å². The van der Waals surface area contributed by atoms with Gasteiger partial charge in [-0.2, -0.15) is 0 Å². The number of nitrogens with zero attached hydrogens (tertiary/aromatic N) is 1. The number of benzene rings is 1. The Balaban J connectivity index is 1.58.